The zero-order chi connectivity index (χ0) is 18.4. The maximum absolute atomic E-state index is 12.2. The molecule has 2 heterocycles. The van der Waals surface area contributed by atoms with Crippen molar-refractivity contribution < 1.29 is 9.53 Å². The van der Waals surface area contributed by atoms with Crippen molar-refractivity contribution >= 4 is 11.7 Å². The van der Waals surface area contributed by atoms with E-state index in [4.69, 9.17) is 4.74 Å². The van der Waals surface area contributed by atoms with Gasteiger partial charge in [-0.1, -0.05) is 25.1 Å². The molecular weight excluding hydrogens is 326 g/mol. The molecule has 1 aliphatic rings. The summed E-state index contributed by atoms with van der Waals surface area (Å²) in [5, 5.41) is 8.13. The Kier molecular flexibility index (Phi) is 6.21. The largest absolute Gasteiger partial charge is 0.462 e. The van der Waals surface area contributed by atoms with Crippen LogP contribution in [0.3, 0.4) is 0 Å². The Hall–Kier alpha value is -2.43. The van der Waals surface area contributed by atoms with Crippen LogP contribution in [0, 0.1) is 18.8 Å². The fourth-order valence-corrected chi connectivity index (χ4v) is 3.69. The molecule has 1 aromatic carbocycles. The molecule has 0 bridgehead atoms. The minimum atomic E-state index is -0.231. The summed E-state index contributed by atoms with van der Waals surface area (Å²) in [5.74, 6) is 0.665. The van der Waals surface area contributed by atoms with Crippen molar-refractivity contribution in [3.63, 3.8) is 0 Å². The van der Waals surface area contributed by atoms with Crippen molar-refractivity contribution in [2.75, 3.05) is 24.6 Å². The summed E-state index contributed by atoms with van der Waals surface area (Å²) in [4.78, 5) is 14.6. The summed E-state index contributed by atoms with van der Waals surface area (Å²) in [6.07, 6.45) is 5.17. The number of carbonyl (C=O) groups is 1. The summed E-state index contributed by atoms with van der Waals surface area (Å²) in [6, 6.07) is 11.3. The number of hydrogen-bond acceptors (Lipinski definition) is 5. The Labute approximate surface area is 155 Å². The van der Waals surface area contributed by atoms with Gasteiger partial charge in [0.25, 0.3) is 0 Å². The molecule has 3 rings (SSSR count). The summed E-state index contributed by atoms with van der Waals surface area (Å²) >= 11 is 0. The van der Waals surface area contributed by atoms with Gasteiger partial charge in [0.15, 0.2) is 0 Å². The van der Waals surface area contributed by atoms with Gasteiger partial charge in [0.2, 0.25) is 0 Å². The lowest BCUT2D eigenvalue weighted by molar-refractivity contribution is 0.0375. The van der Waals surface area contributed by atoms with Crippen LogP contribution in [0.5, 0.6) is 0 Å². The van der Waals surface area contributed by atoms with Crippen LogP contribution < -0.4 is 4.90 Å². The van der Waals surface area contributed by atoms with E-state index in [9.17, 15) is 4.79 Å². The van der Waals surface area contributed by atoms with Crippen LogP contribution in [0.1, 0.15) is 42.2 Å². The molecule has 1 aliphatic heterocycles. The lowest BCUT2D eigenvalue weighted by atomic mass is 9.84. The molecule has 2 aromatic rings. The molecule has 0 saturated carbocycles. The van der Waals surface area contributed by atoms with E-state index in [1.165, 1.54) is 6.42 Å². The SMILES string of the molecule is CCC(COC(=O)c1ccccc1)C1CCCN(c2cnnc(C)c2)C1. The predicted octanol–water partition coefficient (Wildman–Crippen LogP) is 3.88. The molecule has 5 heteroatoms. The van der Waals surface area contributed by atoms with Crippen molar-refractivity contribution in [1.82, 2.24) is 10.2 Å². The maximum atomic E-state index is 12.2. The van der Waals surface area contributed by atoms with Gasteiger partial charge in [-0.15, -0.1) is 0 Å². The van der Waals surface area contributed by atoms with E-state index in [1.807, 2.05) is 31.3 Å². The first-order valence-electron chi connectivity index (χ1n) is 9.43. The second kappa shape index (κ2) is 8.79. The number of nitrogens with zero attached hydrogens (tertiary/aromatic N) is 3. The molecule has 1 saturated heterocycles. The first-order valence-corrected chi connectivity index (χ1v) is 9.43. The summed E-state index contributed by atoms with van der Waals surface area (Å²) in [5.41, 5.74) is 2.69. The third kappa shape index (κ3) is 4.59. The van der Waals surface area contributed by atoms with Crippen LogP contribution in [0.25, 0.3) is 0 Å². The minimum Gasteiger partial charge on any atom is -0.462 e. The molecule has 138 valence electrons. The molecule has 0 aliphatic carbocycles. The molecule has 1 fully saturated rings. The lowest BCUT2D eigenvalue weighted by Gasteiger charge is -2.37. The molecule has 26 heavy (non-hydrogen) atoms. The van der Waals surface area contributed by atoms with Gasteiger partial charge in [-0.3, -0.25) is 0 Å². The van der Waals surface area contributed by atoms with Crippen LogP contribution in [0.15, 0.2) is 42.6 Å². The van der Waals surface area contributed by atoms with E-state index in [0.29, 0.717) is 24.0 Å². The van der Waals surface area contributed by atoms with Crippen LogP contribution in [-0.2, 0) is 4.74 Å². The van der Waals surface area contributed by atoms with E-state index >= 15 is 0 Å². The highest BCUT2D eigenvalue weighted by atomic mass is 16.5. The highest BCUT2D eigenvalue weighted by Gasteiger charge is 2.27. The standard InChI is InChI=1S/C21H27N3O2/c1-3-17(15-26-21(25)18-8-5-4-6-9-18)19-10-7-11-24(14-19)20-12-16(2)23-22-13-20/h4-6,8-9,12-13,17,19H,3,7,10-11,14-15H2,1-2H3. The number of carbonyl (C=O) groups excluding carboxylic acids is 1. The predicted molar refractivity (Wildman–Crippen MR) is 102 cm³/mol. The van der Waals surface area contributed by atoms with E-state index in [-0.39, 0.29) is 5.97 Å². The van der Waals surface area contributed by atoms with E-state index in [2.05, 4.69) is 28.1 Å². The molecular formula is C21H27N3O2. The number of aromatic nitrogens is 2. The third-order valence-electron chi connectivity index (χ3n) is 5.21. The maximum Gasteiger partial charge on any atom is 0.338 e. The Balaban J connectivity index is 1.59. The topological polar surface area (TPSA) is 55.3 Å². The number of rotatable bonds is 6. The second-order valence-corrected chi connectivity index (χ2v) is 7.04. The first kappa shape index (κ1) is 18.4. The zero-order valence-corrected chi connectivity index (χ0v) is 15.6. The average molecular weight is 353 g/mol. The van der Waals surface area contributed by atoms with Crippen LogP contribution in [0.2, 0.25) is 0 Å². The normalized spacial score (nSPS) is 18.4. The lowest BCUT2D eigenvalue weighted by Crippen LogP contribution is -2.39. The summed E-state index contributed by atoms with van der Waals surface area (Å²) in [6.45, 7) is 6.65. The molecule has 1 aromatic heterocycles. The Morgan fingerprint density at radius 3 is 2.88 bits per heavy atom. The number of esters is 1. The smallest absolute Gasteiger partial charge is 0.338 e. The second-order valence-electron chi connectivity index (χ2n) is 7.04. The number of ether oxygens (including phenoxy) is 1. The number of anilines is 1. The fourth-order valence-electron chi connectivity index (χ4n) is 3.69. The fraction of sp³-hybridized carbons (Fsp3) is 0.476. The number of benzene rings is 1. The Bertz CT molecular complexity index is 720. The van der Waals surface area contributed by atoms with Crippen molar-refractivity contribution in [1.29, 1.82) is 0 Å². The molecule has 5 nitrogen and oxygen atoms in total. The summed E-state index contributed by atoms with van der Waals surface area (Å²) < 4.78 is 5.61. The van der Waals surface area contributed by atoms with Gasteiger partial charge in [0, 0.05) is 13.1 Å². The van der Waals surface area contributed by atoms with Crippen molar-refractivity contribution in [3.8, 4) is 0 Å². The molecule has 0 radical (unpaired) electrons. The Morgan fingerprint density at radius 2 is 2.15 bits per heavy atom. The van der Waals surface area contributed by atoms with Gasteiger partial charge in [-0.25, -0.2) is 4.79 Å². The van der Waals surface area contributed by atoms with Gasteiger partial charge < -0.3 is 9.64 Å². The molecule has 0 amide bonds. The van der Waals surface area contributed by atoms with Crippen LogP contribution >= 0.6 is 0 Å². The zero-order valence-electron chi connectivity index (χ0n) is 15.6. The van der Waals surface area contributed by atoms with Gasteiger partial charge >= 0.3 is 5.97 Å². The number of aryl methyl sites for hydroxylation is 1. The molecule has 0 spiro atoms. The first-order chi connectivity index (χ1) is 12.7. The highest BCUT2D eigenvalue weighted by Crippen LogP contribution is 2.29. The number of piperidine rings is 1. The van der Waals surface area contributed by atoms with E-state index in [1.54, 1.807) is 12.1 Å². The Morgan fingerprint density at radius 1 is 1.35 bits per heavy atom. The quantitative estimate of drug-likeness (QED) is 0.738. The minimum absolute atomic E-state index is 0.231. The van der Waals surface area contributed by atoms with Crippen molar-refractivity contribution in [2.24, 2.45) is 11.8 Å². The van der Waals surface area contributed by atoms with Crippen molar-refractivity contribution in [3.05, 3.63) is 53.9 Å². The van der Waals surface area contributed by atoms with Crippen LogP contribution in [-0.4, -0.2) is 35.9 Å². The van der Waals surface area contributed by atoms with Gasteiger partial charge in [-0.05, 0) is 56.2 Å². The molecule has 2 atom stereocenters. The highest BCUT2D eigenvalue weighted by molar-refractivity contribution is 5.89. The van der Waals surface area contributed by atoms with Gasteiger partial charge in [0.1, 0.15) is 0 Å². The van der Waals surface area contributed by atoms with E-state index in [0.717, 1.165) is 37.3 Å². The summed E-state index contributed by atoms with van der Waals surface area (Å²) in [7, 11) is 0. The van der Waals surface area contributed by atoms with Crippen LogP contribution in [0.4, 0.5) is 5.69 Å². The van der Waals surface area contributed by atoms with Gasteiger partial charge in [-0.2, -0.15) is 10.2 Å². The molecule has 0 N–H and O–H groups in total. The third-order valence-corrected chi connectivity index (χ3v) is 5.21. The van der Waals surface area contributed by atoms with Crippen molar-refractivity contribution in [2.45, 2.75) is 33.1 Å². The van der Waals surface area contributed by atoms with Gasteiger partial charge in [0.05, 0.1) is 29.7 Å². The molecule has 2 unspecified atom stereocenters. The van der Waals surface area contributed by atoms with E-state index < -0.39 is 0 Å². The number of hydrogen-bond donors (Lipinski definition) is 0. The average Bonchev–Trinajstić information content (AvgIpc) is 2.69. The monoisotopic (exact) mass is 353 g/mol.